The van der Waals surface area contributed by atoms with Gasteiger partial charge in [-0.1, -0.05) is 24.3 Å². The van der Waals surface area contributed by atoms with Gasteiger partial charge in [-0.15, -0.1) is 11.8 Å². The van der Waals surface area contributed by atoms with Crippen molar-refractivity contribution in [2.75, 3.05) is 5.73 Å². The minimum Gasteiger partial charge on any atom is -0.398 e. The lowest BCUT2D eigenvalue weighted by molar-refractivity contribution is -0.138. The Labute approximate surface area is 137 Å². The molecule has 23 heavy (non-hydrogen) atoms. The summed E-state index contributed by atoms with van der Waals surface area (Å²) in [5.74, 6) is -0.792. The maximum Gasteiger partial charge on any atom is 0.243 e. The van der Waals surface area contributed by atoms with Gasteiger partial charge in [-0.25, -0.2) is 4.39 Å². The van der Waals surface area contributed by atoms with E-state index in [0.29, 0.717) is 5.69 Å². The molecular weight excluding hydrogens is 315 g/mol. The van der Waals surface area contributed by atoms with Gasteiger partial charge < -0.3 is 5.73 Å². The third-order valence-corrected chi connectivity index (χ3v) is 4.92. The van der Waals surface area contributed by atoms with Crippen LogP contribution in [-0.4, -0.2) is 22.0 Å². The predicted octanol–water partition coefficient (Wildman–Crippen LogP) is 2.83. The van der Waals surface area contributed by atoms with Crippen LogP contribution in [0, 0.1) is 5.82 Å². The minimum absolute atomic E-state index is 0.152. The van der Waals surface area contributed by atoms with Gasteiger partial charge in [0.05, 0.1) is 11.8 Å². The van der Waals surface area contributed by atoms with E-state index in [0.717, 1.165) is 10.5 Å². The van der Waals surface area contributed by atoms with Gasteiger partial charge in [-0.05, 0) is 29.8 Å². The summed E-state index contributed by atoms with van der Waals surface area (Å²) in [5, 5.41) is -0.465. The van der Waals surface area contributed by atoms with Crippen molar-refractivity contribution in [3.05, 3.63) is 59.9 Å². The smallest absolute Gasteiger partial charge is 0.243 e. The number of likely N-dealkylation sites (tertiary alicyclic amines) is 1. The lowest BCUT2D eigenvalue weighted by atomic mass is 10.2. The highest BCUT2D eigenvalue weighted by Crippen LogP contribution is 2.34. The number of nitrogens with two attached hydrogens (primary N) is 1. The quantitative estimate of drug-likeness (QED) is 0.692. The van der Waals surface area contributed by atoms with Gasteiger partial charge in [0.15, 0.2) is 0 Å². The number of rotatable bonds is 4. The highest BCUT2D eigenvalue weighted by Gasteiger charge is 2.39. The number of nitrogens with zero attached hydrogens (tertiary/aromatic N) is 1. The largest absolute Gasteiger partial charge is 0.398 e. The molecule has 0 aliphatic carbocycles. The van der Waals surface area contributed by atoms with E-state index in [1.807, 2.05) is 18.2 Å². The summed E-state index contributed by atoms with van der Waals surface area (Å²) in [6.45, 7) is 0.166. The first-order chi connectivity index (χ1) is 11.0. The molecule has 2 N–H and O–H groups in total. The van der Waals surface area contributed by atoms with E-state index in [4.69, 9.17) is 5.73 Å². The van der Waals surface area contributed by atoms with Crippen molar-refractivity contribution in [2.45, 2.75) is 23.1 Å². The molecule has 0 radical (unpaired) electrons. The van der Waals surface area contributed by atoms with Crippen LogP contribution in [0.1, 0.15) is 12.0 Å². The number of anilines is 1. The molecule has 0 saturated carbocycles. The number of halogens is 1. The first kappa shape index (κ1) is 15.6. The molecular formula is C17H15FN2O2S. The Morgan fingerprint density at radius 2 is 1.83 bits per heavy atom. The van der Waals surface area contributed by atoms with Gasteiger partial charge in [-0.3, -0.25) is 14.5 Å². The fourth-order valence-corrected chi connectivity index (χ4v) is 3.55. The Kier molecular flexibility index (Phi) is 4.34. The zero-order valence-electron chi connectivity index (χ0n) is 12.2. The van der Waals surface area contributed by atoms with Crippen LogP contribution in [-0.2, 0) is 16.1 Å². The molecule has 1 heterocycles. The predicted molar refractivity (Wildman–Crippen MR) is 87.1 cm³/mol. The third-order valence-electron chi connectivity index (χ3n) is 3.64. The first-order valence-corrected chi connectivity index (χ1v) is 8.02. The second-order valence-corrected chi connectivity index (χ2v) is 6.54. The highest BCUT2D eigenvalue weighted by molar-refractivity contribution is 8.00. The van der Waals surface area contributed by atoms with Crippen molar-refractivity contribution in [3.63, 3.8) is 0 Å². The maximum absolute atomic E-state index is 12.9. The van der Waals surface area contributed by atoms with E-state index in [-0.39, 0.29) is 30.6 Å². The summed E-state index contributed by atoms with van der Waals surface area (Å²) in [4.78, 5) is 26.6. The number of hydrogen-bond donors (Lipinski definition) is 1. The summed E-state index contributed by atoms with van der Waals surface area (Å²) >= 11 is 1.31. The number of para-hydroxylation sites is 1. The van der Waals surface area contributed by atoms with Crippen molar-refractivity contribution < 1.29 is 14.0 Å². The summed E-state index contributed by atoms with van der Waals surface area (Å²) in [6, 6.07) is 13.0. The van der Waals surface area contributed by atoms with Gasteiger partial charge in [0, 0.05) is 17.0 Å². The first-order valence-electron chi connectivity index (χ1n) is 7.14. The molecule has 1 atom stereocenters. The SMILES string of the molecule is Nc1ccccc1SC1CC(=O)N(Cc2ccc(F)cc2)C1=O. The van der Waals surface area contributed by atoms with E-state index in [9.17, 15) is 14.0 Å². The molecule has 118 valence electrons. The van der Waals surface area contributed by atoms with E-state index in [2.05, 4.69) is 0 Å². The summed E-state index contributed by atoms with van der Waals surface area (Å²) < 4.78 is 12.9. The van der Waals surface area contributed by atoms with Crippen LogP contribution in [0.15, 0.2) is 53.4 Å². The van der Waals surface area contributed by atoms with Gasteiger partial charge in [-0.2, -0.15) is 0 Å². The molecule has 0 bridgehead atoms. The lowest BCUT2D eigenvalue weighted by Crippen LogP contribution is -2.30. The zero-order valence-corrected chi connectivity index (χ0v) is 13.1. The summed E-state index contributed by atoms with van der Waals surface area (Å²) in [5.41, 5.74) is 7.20. The number of thioether (sulfide) groups is 1. The molecule has 0 spiro atoms. The molecule has 3 rings (SSSR count). The lowest BCUT2D eigenvalue weighted by Gasteiger charge is -2.15. The number of hydrogen-bond acceptors (Lipinski definition) is 4. The van der Waals surface area contributed by atoms with E-state index < -0.39 is 5.25 Å². The van der Waals surface area contributed by atoms with Gasteiger partial charge in [0.2, 0.25) is 11.8 Å². The topological polar surface area (TPSA) is 63.4 Å². The van der Waals surface area contributed by atoms with Crippen molar-refractivity contribution in [3.8, 4) is 0 Å². The van der Waals surface area contributed by atoms with Crippen LogP contribution in [0.4, 0.5) is 10.1 Å². The average molecular weight is 330 g/mol. The van der Waals surface area contributed by atoms with Crippen molar-refractivity contribution in [1.82, 2.24) is 4.90 Å². The van der Waals surface area contributed by atoms with Gasteiger partial charge in [0.25, 0.3) is 0 Å². The van der Waals surface area contributed by atoms with Crippen LogP contribution < -0.4 is 5.73 Å². The summed E-state index contributed by atoms with van der Waals surface area (Å²) in [6.07, 6.45) is 0.152. The molecule has 2 amide bonds. The van der Waals surface area contributed by atoms with Gasteiger partial charge >= 0.3 is 0 Å². The molecule has 6 heteroatoms. The highest BCUT2D eigenvalue weighted by atomic mass is 32.2. The zero-order chi connectivity index (χ0) is 16.4. The number of imide groups is 1. The van der Waals surface area contributed by atoms with Crippen LogP contribution in [0.5, 0.6) is 0 Å². The van der Waals surface area contributed by atoms with Crippen LogP contribution in [0.3, 0.4) is 0 Å². The minimum atomic E-state index is -0.465. The number of amides is 2. The Balaban J connectivity index is 1.72. The molecule has 1 aliphatic rings. The van der Waals surface area contributed by atoms with Crippen LogP contribution in [0.2, 0.25) is 0 Å². The molecule has 1 saturated heterocycles. The second kappa shape index (κ2) is 6.42. The Hall–Kier alpha value is -2.34. The maximum atomic E-state index is 12.9. The van der Waals surface area contributed by atoms with E-state index in [1.165, 1.54) is 28.8 Å². The van der Waals surface area contributed by atoms with Crippen molar-refractivity contribution in [1.29, 1.82) is 0 Å². The number of benzene rings is 2. The number of carbonyl (C=O) groups excluding carboxylic acids is 2. The second-order valence-electron chi connectivity index (χ2n) is 5.29. The standard InChI is InChI=1S/C17H15FN2O2S/c18-12-7-5-11(6-8-12)10-20-16(21)9-15(17(20)22)23-14-4-2-1-3-13(14)19/h1-8,15H,9-10,19H2. The molecule has 1 fully saturated rings. The normalized spacial score (nSPS) is 17.8. The molecule has 0 aromatic heterocycles. The van der Waals surface area contributed by atoms with Crippen molar-refractivity contribution >= 4 is 29.3 Å². The fourth-order valence-electron chi connectivity index (χ4n) is 2.42. The van der Waals surface area contributed by atoms with Gasteiger partial charge in [0.1, 0.15) is 5.82 Å². The van der Waals surface area contributed by atoms with Crippen LogP contribution in [0.25, 0.3) is 0 Å². The molecule has 1 unspecified atom stereocenters. The summed E-state index contributed by atoms with van der Waals surface area (Å²) in [7, 11) is 0. The number of nitrogen functional groups attached to an aromatic ring is 1. The fraction of sp³-hybridized carbons (Fsp3) is 0.176. The van der Waals surface area contributed by atoms with E-state index in [1.54, 1.807) is 18.2 Å². The Bertz CT molecular complexity index is 749. The molecule has 1 aliphatic heterocycles. The Morgan fingerprint density at radius 1 is 1.13 bits per heavy atom. The van der Waals surface area contributed by atoms with E-state index >= 15 is 0 Å². The third kappa shape index (κ3) is 3.37. The van der Waals surface area contributed by atoms with Crippen molar-refractivity contribution in [2.24, 2.45) is 0 Å². The Morgan fingerprint density at radius 3 is 2.52 bits per heavy atom. The monoisotopic (exact) mass is 330 g/mol. The van der Waals surface area contributed by atoms with Crippen LogP contribution >= 0.6 is 11.8 Å². The number of carbonyl (C=O) groups is 2. The molecule has 2 aromatic carbocycles. The molecule has 4 nitrogen and oxygen atoms in total. The molecule has 2 aromatic rings. The average Bonchev–Trinajstić information content (AvgIpc) is 2.79.